The lowest BCUT2D eigenvalue weighted by atomic mass is 9.99. The van der Waals surface area contributed by atoms with Crippen LogP contribution in [0.15, 0.2) is 35.0 Å². The van der Waals surface area contributed by atoms with Crippen LogP contribution in [-0.2, 0) is 11.3 Å². The Morgan fingerprint density at radius 3 is 2.81 bits per heavy atom. The maximum absolute atomic E-state index is 12.0. The minimum absolute atomic E-state index is 0.0816. The summed E-state index contributed by atoms with van der Waals surface area (Å²) in [6, 6.07) is 4.98. The summed E-state index contributed by atoms with van der Waals surface area (Å²) >= 11 is 0. The Morgan fingerprint density at radius 1 is 1.48 bits per heavy atom. The second kappa shape index (κ2) is 5.82. The Hall–Kier alpha value is -2.57. The minimum Gasteiger partial charge on any atom is -0.480 e. The lowest BCUT2D eigenvalue weighted by Gasteiger charge is -2.23. The van der Waals surface area contributed by atoms with Gasteiger partial charge in [-0.1, -0.05) is 6.92 Å². The molecule has 7 nitrogen and oxygen atoms in total. The van der Waals surface area contributed by atoms with Gasteiger partial charge >= 0.3 is 5.97 Å². The molecule has 1 amide bonds. The van der Waals surface area contributed by atoms with Crippen LogP contribution >= 0.6 is 0 Å². The van der Waals surface area contributed by atoms with Crippen molar-refractivity contribution in [3.05, 3.63) is 42.1 Å². The van der Waals surface area contributed by atoms with Crippen molar-refractivity contribution in [1.82, 2.24) is 15.1 Å². The number of aliphatic carboxylic acids is 1. The number of nitrogens with one attached hydrogen (secondary N) is 1. The van der Waals surface area contributed by atoms with Crippen LogP contribution in [0.2, 0.25) is 0 Å². The number of carbonyl (C=O) groups excluding carboxylic acids is 1. The van der Waals surface area contributed by atoms with E-state index in [1.807, 2.05) is 0 Å². The number of carboxylic acids is 1. The molecule has 0 radical (unpaired) electrons. The summed E-state index contributed by atoms with van der Waals surface area (Å²) in [4.78, 5) is 23.2. The number of hydrogen-bond donors (Lipinski definition) is 2. The van der Waals surface area contributed by atoms with Crippen molar-refractivity contribution < 1.29 is 19.1 Å². The van der Waals surface area contributed by atoms with Crippen LogP contribution in [0, 0.1) is 0 Å². The molecule has 112 valence electrons. The summed E-state index contributed by atoms with van der Waals surface area (Å²) in [7, 11) is 0. The van der Waals surface area contributed by atoms with E-state index in [2.05, 4.69) is 10.4 Å². The van der Waals surface area contributed by atoms with Crippen LogP contribution in [0.5, 0.6) is 0 Å². The molecule has 2 N–H and O–H groups in total. The first-order chi connectivity index (χ1) is 9.94. The van der Waals surface area contributed by atoms with Crippen LogP contribution in [0.25, 0.3) is 0 Å². The molecule has 0 aliphatic carbocycles. The molecule has 2 heterocycles. The van der Waals surface area contributed by atoms with Gasteiger partial charge in [0.05, 0.1) is 6.54 Å². The van der Waals surface area contributed by atoms with Crippen molar-refractivity contribution in [1.29, 1.82) is 0 Å². The normalized spacial score (nSPS) is 13.6. The lowest BCUT2D eigenvalue weighted by Crippen LogP contribution is -2.51. The van der Waals surface area contributed by atoms with Crippen molar-refractivity contribution in [2.75, 3.05) is 0 Å². The van der Waals surface area contributed by atoms with Crippen LogP contribution in [0.1, 0.15) is 36.6 Å². The molecule has 1 atom stereocenters. The van der Waals surface area contributed by atoms with Gasteiger partial charge in [0.1, 0.15) is 11.3 Å². The highest BCUT2D eigenvalue weighted by Crippen LogP contribution is 2.14. The predicted octanol–water partition coefficient (Wildman–Crippen LogP) is 1.51. The van der Waals surface area contributed by atoms with Gasteiger partial charge in [-0.2, -0.15) is 5.10 Å². The summed E-state index contributed by atoms with van der Waals surface area (Å²) in [5.41, 5.74) is -1.31. The van der Waals surface area contributed by atoms with Gasteiger partial charge in [0.2, 0.25) is 0 Å². The van der Waals surface area contributed by atoms with E-state index in [0.717, 1.165) is 0 Å². The van der Waals surface area contributed by atoms with Crippen LogP contribution in [-0.4, -0.2) is 32.3 Å². The number of rotatable bonds is 6. The number of aromatic nitrogens is 2. The molecule has 0 saturated heterocycles. The number of nitrogens with zero attached hydrogens (tertiary/aromatic N) is 2. The summed E-state index contributed by atoms with van der Waals surface area (Å²) < 4.78 is 7.08. The molecule has 0 spiro atoms. The van der Waals surface area contributed by atoms with E-state index in [1.165, 1.54) is 13.0 Å². The zero-order chi connectivity index (χ0) is 15.5. The SMILES string of the molecule is CCC(C)(NC(=O)c1ccc(Cn2cccn2)o1)C(=O)O. The summed E-state index contributed by atoms with van der Waals surface area (Å²) in [5.74, 6) is -0.981. The Bertz CT molecular complexity index is 632. The third kappa shape index (κ3) is 3.31. The molecule has 2 aromatic rings. The van der Waals surface area contributed by atoms with Gasteiger partial charge in [0.25, 0.3) is 5.91 Å². The Morgan fingerprint density at radius 2 is 2.24 bits per heavy atom. The molecule has 21 heavy (non-hydrogen) atoms. The quantitative estimate of drug-likeness (QED) is 0.840. The third-order valence-corrected chi connectivity index (χ3v) is 3.33. The maximum atomic E-state index is 12.0. The third-order valence-electron chi connectivity index (χ3n) is 3.33. The number of hydrogen-bond acceptors (Lipinski definition) is 4. The fourth-order valence-corrected chi connectivity index (χ4v) is 1.74. The predicted molar refractivity (Wildman–Crippen MR) is 73.8 cm³/mol. The molecule has 7 heteroatoms. The molecule has 0 aliphatic heterocycles. The first-order valence-corrected chi connectivity index (χ1v) is 6.56. The summed E-state index contributed by atoms with van der Waals surface area (Å²) in [5, 5.41) is 15.7. The number of carbonyl (C=O) groups is 2. The van der Waals surface area contributed by atoms with Crippen LogP contribution in [0.3, 0.4) is 0 Å². The molecule has 2 aromatic heterocycles. The zero-order valence-corrected chi connectivity index (χ0v) is 11.9. The van der Waals surface area contributed by atoms with E-state index in [-0.39, 0.29) is 12.2 Å². The topological polar surface area (TPSA) is 97.4 Å². The van der Waals surface area contributed by atoms with Gasteiger partial charge in [-0.25, -0.2) is 4.79 Å². The molecule has 0 saturated carbocycles. The molecule has 1 unspecified atom stereocenters. The van der Waals surface area contributed by atoms with E-state index in [0.29, 0.717) is 12.3 Å². The first kappa shape index (κ1) is 14.8. The van der Waals surface area contributed by atoms with E-state index in [4.69, 9.17) is 9.52 Å². The zero-order valence-electron chi connectivity index (χ0n) is 11.9. The number of furan rings is 1. The monoisotopic (exact) mass is 291 g/mol. The van der Waals surface area contributed by atoms with Gasteiger partial charge in [0.15, 0.2) is 5.76 Å². The second-order valence-corrected chi connectivity index (χ2v) is 4.91. The second-order valence-electron chi connectivity index (χ2n) is 4.91. The molecular weight excluding hydrogens is 274 g/mol. The summed E-state index contributed by atoms with van der Waals surface area (Å²) in [6.45, 7) is 3.56. The highest BCUT2D eigenvalue weighted by atomic mass is 16.4. The number of carboxylic acid groups (broad SMARTS) is 1. The molecule has 0 fully saturated rings. The average Bonchev–Trinajstić information content (AvgIpc) is 3.10. The highest BCUT2D eigenvalue weighted by Gasteiger charge is 2.33. The lowest BCUT2D eigenvalue weighted by molar-refractivity contribution is -0.143. The van der Waals surface area contributed by atoms with E-state index in [9.17, 15) is 9.59 Å². The number of amides is 1. The van der Waals surface area contributed by atoms with E-state index >= 15 is 0 Å². The Labute approximate surface area is 121 Å². The fraction of sp³-hybridized carbons (Fsp3) is 0.357. The average molecular weight is 291 g/mol. The van der Waals surface area contributed by atoms with Crippen molar-refractivity contribution in [3.63, 3.8) is 0 Å². The van der Waals surface area contributed by atoms with Gasteiger partial charge in [-0.15, -0.1) is 0 Å². The van der Waals surface area contributed by atoms with E-state index < -0.39 is 17.4 Å². The minimum atomic E-state index is -1.31. The van der Waals surface area contributed by atoms with Crippen LogP contribution < -0.4 is 5.32 Å². The maximum Gasteiger partial charge on any atom is 0.329 e. The Kier molecular flexibility index (Phi) is 4.11. The van der Waals surface area contributed by atoms with Crippen molar-refractivity contribution in [2.24, 2.45) is 0 Å². The highest BCUT2D eigenvalue weighted by molar-refractivity contribution is 5.95. The largest absolute Gasteiger partial charge is 0.480 e. The smallest absolute Gasteiger partial charge is 0.329 e. The first-order valence-electron chi connectivity index (χ1n) is 6.56. The van der Waals surface area contributed by atoms with Gasteiger partial charge in [-0.05, 0) is 31.5 Å². The standard InChI is InChI=1S/C14H17N3O4/c1-3-14(2,13(19)20)16-12(18)11-6-5-10(21-11)9-17-8-4-7-15-17/h4-8H,3,9H2,1-2H3,(H,16,18)(H,19,20). The summed E-state index contributed by atoms with van der Waals surface area (Å²) in [6.07, 6.45) is 3.70. The van der Waals surface area contributed by atoms with Gasteiger partial charge in [0, 0.05) is 12.4 Å². The van der Waals surface area contributed by atoms with E-state index in [1.54, 1.807) is 36.1 Å². The van der Waals surface area contributed by atoms with Gasteiger partial charge < -0.3 is 14.8 Å². The van der Waals surface area contributed by atoms with Gasteiger partial charge in [-0.3, -0.25) is 9.48 Å². The molecule has 0 aliphatic rings. The Balaban J connectivity index is 2.07. The van der Waals surface area contributed by atoms with Crippen molar-refractivity contribution in [2.45, 2.75) is 32.4 Å². The molecule has 2 rings (SSSR count). The van der Waals surface area contributed by atoms with Crippen LogP contribution in [0.4, 0.5) is 0 Å². The molecule has 0 aromatic carbocycles. The molecule has 0 bridgehead atoms. The van der Waals surface area contributed by atoms with Crippen molar-refractivity contribution >= 4 is 11.9 Å². The van der Waals surface area contributed by atoms with Crippen molar-refractivity contribution in [3.8, 4) is 0 Å². The fourth-order valence-electron chi connectivity index (χ4n) is 1.74. The molecular formula is C14H17N3O4.